The third-order valence-corrected chi connectivity index (χ3v) is 9.78. The Balaban J connectivity index is 2.13. The van der Waals surface area contributed by atoms with Crippen molar-refractivity contribution in [1.29, 1.82) is 0 Å². The van der Waals surface area contributed by atoms with Crippen molar-refractivity contribution in [2.45, 2.75) is 50.7 Å². The first kappa shape index (κ1) is 8.53. The van der Waals surface area contributed by atoms with Gasteiger partial charge in [-0.05, 0) is 0 Å². The second-order valence-corrected chi connectivity index (χ2v) is 14.9. The van der Waals surface area contributed by atoms with E-state index in [0.29, 0.717) is 9.04 Å². The Morgan fingerprint density at radius 3 is 2.20 bits per heavy atom. The van der Waals surface area contributed by atoms with Crippen molar-refractivity contribution in [1.82, 2.24) is 0 Å². The molecule has 0 bridgehead atoms. The summed E-state index contributed by atoms with van der Waals surface area (Å²) in [6.45, 7) is 5.08. The van der Waals surface area contributed by atoms with E-state index in [1.807, 2.05) is 0 Å². The lowest BCUT2D eigenvalue weighted by molar-refractivity contribution is 0.503. The third kappa shape index (κ3) is 3.01. The van der Waals surface area contributed by atoms with E-state index in [2.05, 4.69) is 13.1 Å². The van der Waals surface area contributed by atoms with Crippen LogP contribution in [0.5, 0.6) is 0 Å². The van der Waals surface area contributed by atoms with E-state index in [9.17, 15) is 0 Å². The summed E-state index contributed by atoms with van der Waals surface area (Å²) in [4.78, 5) is 0. The zero-order chi connectivity index (χ0) is 7.40. The molecule has 0 aliphatic heterocycles. The van der Waals surface area contributed by atoms with Gasteiger partial charge in [0.2, 0.25) is 0 Å². The molecule has 0 aromatic heterocycles. The Kier molecular flexibility index (Phi) is 3.70. The van der Waals surface area contributed by atoms with Crippen molar-refractivity contribution < 1.29 is 0 Å². The molecule has 0 aromatic rings. The minimum atomic E-state index is -0.105. The van der Waals surface area contributed by atoms with Crippen LogP contribution in [0, 0.1) is 0 Å². The Labute approximate surface area is 68.6 Å². The average Bonchev–Trinajstić information content (AvgIpc) is 1.88. The first-order valence-electron chi connectivity index (χ1n) is 4.79. The summed E-state index contributed by atoms with van der Waals surface area (Å²) >= 11 is 0. The standard InChI is InChI=1S/C8H20Si2/c1-10(2)9-8-6-4-3-5-7-8/h8,10H,3-7,9H2,1-2H3. The van der Waals surface area contributed by atoms with Crippen molar-refractivity contribution in [2.24, 2.45) is 0 Å². The van der Waals surface area contributed by atoms with Gasteiger partial charge in [0.05, 0.1) is 0 Å². The predicted octanol–water partition coefficient (Wildman–Crippen LogP) is 1.89. The smallest absolute Gasteiger partial charge is 0.0183 e. The second kappa shape index (κ2) is 4.34. The molecule has 2 heteroatoms. The molecule has 0 spiro atoms. The number of rotatable bonds is 2. The largest absolute Gasteiger partial charge is 0.0745 e. The third-order valence-electron chi connectivity index (χ3n) is 2.53. The van der Waals surface area contributed by atoms with Gasteiger partial charge in [0.1, 0.15) is 0 Å². The molecule has 1 aliphatic carbocycles. The summed E-state index contributed by atoms with van der Waals surface area (Å²) in [6.07, 6.45) is 7.86. The Hall–Kier alpha value is 0.434. The molecule has 60 valence electrons. The fourth-order valence-electron chi connectivity index (χ4n) is 2.09. The van der Waals surface area contributed by atoms with Gasteiger partial charge < -0.3 is 0 Å². The van der Waals surface area contributed by atoms with Gasteiger partial charge in [-0.1, -0.05) is 50.7 Å². The second-order valence-electron chi connectivity index (χ2n) is 4.13. The number of hydrogen-bond acceptors (Lipinski definition) is 0. The molecule has 1 aliphatic rings. The van der Waals surface area contributed by atoms with Gasteiger partial charge >= 0.3 is 0 Å². The molecule has 0 atom stereocenters. The fourth-order valence-corrected chi connectivity index (χ4v) is 9.89. The normalized spacial score (nSPS) is 23.1. The van der Waals surface area contributed by atoms with Gasteiger partial charge in [-0.2, -0.15) is 0 Å². The topological polar surface area (TPSA) is 0 Å². The van der Waals surface area contributed by atoms with E-state index in [1.54, 1.807) is 25.7 Å². The van der Waals surface area contributed by atoms with E-state index in [4.69, 9.17) is 0 Å². The molecular formula is C8H20Si2. The van der Waals surface area contributed by atoms with Crippen LogP contribution in [0.2, 0.25) is 18.6 Å². The Morgan fingerprint density at radius 1 is 1.10 bits per heavy atom. The van der Waals surface area contributed by atoms with Crippen LogP contribution in [0.1, 0.15) is 32.1 Å². The molecule has 0 aromatic carbocycles. The van der Waals surface area contributed by atoms with Gasteiger partial charge in [-0.15, -0.1) is 0 Å². The van der Waals surface area contributed by atoms with Gasteiger partial charge in [-0.3, -0.25) is 0 Å². The van der Waals surface area contributed by atoms with Crippen LogP contribution in [-0.4, -0.2) is 17.4 Å². The molecule has 0 unspecified atom stereocenters. The Morgan fingerprint density at radius 2 is 1.70 bits per heavy atom. The summed E-state index contributed by atoms with van der Waals surface area (Å²) in [5.74, 6) is 0. The van der Waals surface area contributed by atoms with E-state index in [1.165, 1.54) is 12.0 Å². The van der Waals surface area contributed by atoms with Gasteiger partial charge in [0.15, 0.2) is 0 Å². The quantitative estimate of drug-likeness (QED) is 0.558. The molecule has 1 rings (SSSR count). The molecule has 0 saturated heterocycles. The highest BCUT2D eigenvalue weighted by Gasteiger charge is 2.14. The molecule has 10 heavy (non-hydrogen) atoms. The molecule has 1 saturated carbocycles. The lowest BCUT2D eigenvalue weighted by atomic mass is 10.0. The van der Waals surface area contributed by atoms with Crippen LogP contribution in [0.15, 0.2) is 0 Å². The molecule has 1 fully saturated rings. The first-order chi connectivity index (χ1) is 4.79. The predicted molar refractivity (Wildman–Crippen MR) is 54.3 cm³/mol. The van der Waals surface area contributed by atoms with Crippen LogP contribution in [-0.2, 0) is 0 Å². The summed E-state index contributed by atoms with van der Waals surface area (Å²) in [7, 11) is 0.334. The molecule has 0 heterocycles. The Bertz CT molecular complexity index is 85.3. The highest BCUT2D eigenvalue weighted by molar-refractivity contribution is 7.11. The van der Waals surface area contributed by atoms with Crippen molar-refractivity contribution in [2.75, 3.05) is 0 Å². The SMILES string of the molecule is C[SiH](C)[SiH2]C1CCCCC1. The molecule has 0 amide bonds. The summed E-state index contributed by atoms with van der Waals surface area (Å²) in [5, 5.41) is 0. The lowest BCUT2D eigenvalue weighted by Crippen LogP contribution is -2.20. The van der Waals surface area contributed by atoms with E-state index in [-0.39, 0.29) is 8.31 Å². The maximum Gasteiger partial charge on any atom is 0.0183 e. The minimum absolute atomic E-state index is 0.105. The molecule has 0 N–H and O–H groups in total. The maximum atomic E-state index is 2.54. The van der Waals surface area contributed by atoms with Crippen LogP contribution in [0.25, 0.3) is 0 Å². The van der Waals surface area contributed by atoms with E-state index < -0.39 is 0 Å². The van der Waals surface area contributed by atoms with Crippen LogP contribution < -0.4 is 0 Å². The summed E-state index contributed by atoms with van der Waals surface area (Å²) in [6, 6.07) is 0. The lowest BCUT2D eigenvalue weighted by Gasteiger charge is -2.21. The van der Waals surface area contributed by atoms with Gasteiger partial charge in [0, 0.05) is 17.4 Å². The molecular weight excluding hydrogens is 152 g/mol. The monoisotopic (exact) mass is 172 g/mol. The van der Waals surface area contributed by atoms with Crippen molar-refractivity contribution >= 4 is 17.4 Å². The van der Waals surface area contributed by atoms with E-state index >= 15 is 0 Å². The zero-order valence-corrected chi connectivity index (χ0v) is 9.97. The van der Waals surface area contributed by atoms with Crippen LogP contribution in [0.4, 0.5) is 0 Å². The summed E-state index contributed by atoms with van der Waals surface area (Å²) < 4.78 is 0. The van der Waals surface area contributed by atoms with Crippen LogP contribution in [0.3, 0.4) is 0 Å². The average molecular weight is 172 g/mol. The molecule has 0 nitrogen and oxygen atoms in total. The highest BCUT2D eigenvalue weighted by atomic mass is 29.2. The van der Waals surface area contributed by atoms with Gasteiger partial charge in [-0.25, -0.2) is 0 Å². The van der Waals surface area contributed by atoms with E-state index in [0.717, 1.165) is 0 Å². The highest BCUT2D eigenvalue weighted by Crippen LogP contribution is 2.27. The first-order valence-corrected chi connectivity index (χ1v) is 11.2. The molecule has 0 radical (unpaired) electrons. The fraction of sp³-hybridized carbons (Fsp3) is 1.00. The summed E-state index contributed by atoms with van der Waals surface area (Å²) in [5.41, 5.74) is 1.28. The van der Waals surface area contributed by atoms with Gasteiger partial charge in [0.25, 0.3) is 0 Å². The van der Waals surface area contributed by atoms with Crippen molar-refractivity contribution in [3.05, 3.63) is 0 Å². The zero-order valence-electron chi connectivity index (χ0n) is 7.40. The number of hydrogen-bond donors (Lipinski definition) is 0. The maximum absolute atomic E-state index is 2.54. The van der Waals surface area contributed by atoms with Crippen molar-refractivity contribution in [3.8, 4) is 0 Å². The van der Waals surface area contributed by atoms with Crippen LogP contribution >= 0.6 is 0 Å². The minimum Gasteiger partial charge on any atom is -0.0745 e. The van der Waals surface area contributed by atoms with Crippen molar-refractivity contribution in [3.63, 3.8) is 0 Å².